The van der Waals surface area contributed by atoms with Crippen LogP contribution in [0.1, 0.15) is 45.1 Å². The Labute approximate surface area is 157 Å². The van der Waals surface area contributed by atoms with E-state index in [2.05, 4.69) is 0 Å². The molecule has 1 saturated heterocycles. The van der Waals surface area contributed by atoms with Crippen molar-refractivity contribution in [3.05, 3.63) is 53.0 Å². The van der Waals surface area contributed by atoms with Crippen LogP contribution in [-0.4, -0.2) is 43.4 Å². The average Bonchev–Trinajstić information content (AvgIpc) is 3.25. The van der Waals surface area contributed by atoms with Crippen LogP contribution >= 0.6 is 0 Å². The maximum atomic E-state index is 12.8. The first kappa shape index (κ1) is 18.7. The van der Waals surface area contributed by atoms with Gasteiger partial charge in [-0.15, -0.1) is 0 Å². The zero-order chi connectivity index (χ0) is 19.6. The number of hydrogen-bond acceptors (Lipinski definition) is 5. The Morgan fingerprint density at radius 1 is 1.30 bits per heavy atom. The third-order valence-electron chi connectivity index (χ3n) is 4.59. The van der Waals surface area contributed by atoms with Crippen LogP contribution in [0.2, 0.25) is 0 Å². The lowest BCUT2D eigenvalue weighted by Crippen LogP contribution is -2.27. The normalized spacial score (nSPS) is 13.7. The van der Waals surface area contributed by atoms with Gasteiger partial charge in [-0.25, -0.2) is 4.79 Å². The maximum absolute atomic E-state index is 12.8. The number of ether oxygens (including phenoxy) is 1. The molecule has 0 aliphatic carbocycles. The number of esters is 1. The number of anilines is 1. The number of carbonyl (C=O) groups excluding carboxylic acids is 3. The van der Waals surface area contributed by atoms with E-state index in [0.717, 1.165) is 12.1 Å². The number of amides is 2. The highest BCUT2D eigenvalue weighted by Crippen LogP contribution is 2.23. The fourth-order valence-electron chi connectivity index (χ4n) is 3.19. The molecule has 142 valence electrons. The second-order valence-corrected chi connectivity index (χ2v) is 6.53. The molecular weight excluding hydrogens is 348 g/mol. The van der Waals surface area contributed by atoms with E-state index in [9.17, 15) is 14.4 Å². The second kappa shape index (κ2) is 7.65. The molecule has 0 N–H and O–H groups in total. The molecule has 2 aromatic rings. The van der Waals surface area contributed by atoms with Crippen LogP contribution in [0.5, 0.6) is 0 Å². The van der Waals surface area contributed by atoms with Crippen LogP contribution in [-0.2, 0) is 16.1 Å². The molecule has 7 nitrogen and oxygen atoms in total. The summed E-state index contributed by atoms with van der Waals surface area (Å²) in [6.45, 7) is 2.56. The highest BCUT2D eigenvalue weighted by atomic mass is 16.5. The van der Waals surface area contributed by atoms with Gasteiger partial charge in [-0.1, -0.05) is 6.07 Å². The van der Waals surface area contributed by atoms with Crippen LogP contribution in [0.3, 0.4) is 0 Å². The van der Waals surface area contributed by atoms with Crippen molar-refractivity contribution in [1.82, 2.24) is 4.90 Å². The molecule has 1 aromatic heterocycles. The largest absolute Gasteiger partial charge is 0.465 e. The molecule has 1 aliphatic heterocycles. The van der Waals surface area contributed by atoms with Crippen LogP contribution in [0, 0.1) is 6.92 Å². The number of hydrogen-bond donors (Lipinski definition) is 0. The number of furan rings is 1. The van der Waals surface area contributed by atoms with Gasteiger partial charge in [-0.05, 0) is 37.6 Å². The van der Waals surface area contributed by atoms with Gasteiger partial charge in [-0.3, -0.25) is 9.59 Å². The molecular formula is C20H22N2O5. The highest BCUT2D eigenvalue weighted by molar-refractivity contribution is 5.99. The van der Waals surface area contributed by atoms with Gasteiger partial charge in [0.2, 0.25) is 5.91 Å². The quantitative estimate of drug-likeness (QED) is 0.756. The van der Waals surface area contributed by atoms with Crippen LogP contribution in [0.15, 0.2) is 34.7 Å². The summed E-state index contributed by atoms with van der Waals surface area (Å²) in [5, 5.41) is 0. The lowest BCUT2D eigenvalue weighted by molar-refractivity contribution is -0.117. The van der Waals surface area contributed by atoms with E-state index in [1.807, 2.05) is 6.07 Å². The molecule has 0 unspecified atom stereocenters. The van der Waals surface area contributed by atoms with Gasteiger partial charge < -0.3 is 19.0 Å². The standard InChI is InChI=1S/C20H22N2O5/c1-13-17(20(25)26-3)11-16(27-13)12-21(2)19(24)14-6-4-7-15(10-14)22-9-5-8-18(22)23/h4,6-7,10-11H,5,8-9,12H2,1-3H3. The number of rotatable bonds is 5. The Morgan fingerprint density at radius 2 is 2.07 bits per heavy atom. The van der Waals surface area contributed by atoms with Crippen molar-refractivity contribution >= 4 is 23.5 Å². The molecule has 0 saturated carbocycles. The van der Waals surface area contributed by atoms with E-state index in [1.54, 1.807) is 43.1 Å². The molecule has 0 spiro atoms. The van der Waals surface area contributed by atoms with E-state index in [0.29, 0.717) is 35.6 Å². The van der Waals surface area contributed by atoms with Crippen molar-refractivity contribution in [3.8, 4) is 0 Å². The summed E-state index contributed by atoms with van der Waals surface area (Å²) in [6, 6.07) is 8.64. The molecule has 3 rings (SSSR count). The Hall–Kier alpha value is -3.09. The lowest BCUT2D eigenvalue weighted by atomic mass is 10.1. The van der Waals surface area contributed by atoms with Gasteiger partial charge in [0.25, 0.3) is 5.91 Å². The van der Waals surface area contributed by atoms with Gasteiger partial charge in [-0.2, -0.15) is 0 Å². The van der Waals surface area contributed by atoms with E-state index in [4.69, 9.17) is 9.15 Å². The smallest absolute Gasteiger partial charge is 0.341 e. The number of benzene rings is 1. The summed E-state index contributed by atoms with van der Waals surface area (Å²) >= 11 is 0. The average molecular weight is 370 g/mol. The molecule has 0 radical (unpaired) electrons. The highest BCUT2D eigenvalue weighted by Gasteiger charge is 2.23. The molecule has 0 bridgehead atoms. The van der Waals surface area contributed by atoms with Crippen LogP contribution in [0.25, 0.3) is 0 Å². The Kier molecular flexibility index (Phi) is 5.30. The number of nitrogens with zero attached hydrogens (tertiary/aromatic N) is 2. The van der Waals surface area contributed by atoms with E-state index in [1.165, 1.54) is 12.0 Å². The van der Waals surface area contributed by atoms with Crippen molar-refractivity contribution in [1.29, 1.82) is 0 Å². The number of aryl methyl sites for hydroxylation is 1. The summed E-state index contributed by atoms with van der Waals surface area (Å²) in [5.74, 6) is 0.354. The zero-order valence-electron chi connectivity index (χ0n) is 15.7. The first-order valence-electron chi connectivity index (χ1n) is 8.74. The molecule has 2 heterocycles. The summed E-state index contributed by atoms with van der Waals surface area (Å²) < 4.78 is 10.3. The topological polar surface area (TPSA) is 80.1 Å². The maximum Gasteiger partial charge on any atom is 0.341 e. The molecule has 1 aromatic carbocycles. The van der Waals surface area contributed by atoms with Crippen molar-refractivity contribution in [2.75, 3.05) is 25.6 Å². The molecule has 1 fully saturated rings. The van der Waals surface area contributed by atoms with Crippen LogP contribution in [0.4, 0.5) is 5.69 Å². The monoisotopic (exact) mass is 370 g/mol. The Bertz CT molecular complexity index is 886. The summed E-state index contributed by atoms with van der Waals surface area (Å²) in [7, 11) is 2.97. The molecule has 1 aliphatic rings. The summed E-state index contributed by atoms with van der Waals surface area (Å²) in [6.07, 6.45) is 1.37. The number of carbonyl (C=O) groups is 3. The Balaban J connectivity index is 1.74. The summed E-state index contributed by atoms with van der Waals surface area (Å²) in [4.78, 5) is 39.6. The lowest BCUT2D eigenvalue weighted by Gasteiger charge is -2.19. The molecule has 2 amide bonds. The third kappa shape index (κ3) is 3.86. The van der Waals surface area contributed by atoms with Gasteiger partial charge >= 0.3 is 5.97 Å². The Morgan fingerprint density at radius 3 is 2.74 bits per heavy atom. The molecule has 27 heavy (non-hydrogen) atoms. The van der Waals surface area contributed by atoms with Crippen molar-refractivity contribution in [3.63, 3.8) is 0 Å². The minimum Gasteiger partial charge on any atom is -0.465 e. The first-order valence-corrected chi connectivity index (χ1v) is 8.74. The first-order chi connectivity index (χ1) is 12.9. The van der Waals surface area contributed by atoms with Crippen LogP contribution < -0.4 is 4.90 Å². The van der Waals surface area contributed by atoms with E-state index in [-0.39, 0.29) is 18.4 Å². The fraction of sp³-hybridized carbons (Fsp3) is 0.350. The third-order valence-corrected chi connectivity index (χ3v) is 4.59. The number of methoxy groups -OCH3 is 1. The fourth-order valence-corrected chi connectivity index (χ4v) is 3.19. The van der Waals surface area contributed by atoms with Crippen molar-refractivity contribution in [2.45, 2.75) is 26.3 Å². The minimum absolute atomic E-state index is 0.0781. The van der Waals surface area contributed by atoms with Gasteiger partial charge in [0, 0.05) is 31.3 Å². The molecule has 0 atom stereocenters. The minimum atomic E-state index is -0.473. The summed E-state index contributed by atoms with van der Waals surface area (Å²) in [5.41, 5.74) is 1.58. The van der Waals surface area contributed by atoms with Crippen molar-refractivity contribution < 1.29 is 23.5 Å². The molecule has 7 heteroatoms. The van der Waals surface area contributed by atoms with Gasteiger partial charge in [0.15, 0.2) is 0 Å². The van der Waals surface area contributed by atoms with E-state index < -0.39 is 5.97 Å². The second-order valence-electron chi connectivity index (χ2n) is 6.53. The van der Waals surface area contributed by atoms with E-state index >= 15 is 0 Å². The SMILES string of the molecule is COC(=O)c1cc(CN(C)C(=O)c2cccc(N3CCCC3=O)c2)oc1C. The van der Waals surface area contributed by atoms with Gasteiger partial charge in [0.05, 0.1) is 13.7 Å². The van der Waals surface area contributed by atoms with Crippen molar-refractivity contribution in [2.24, 2.45) is 0 Å². The predicted octanol–water partition coefficient (Wildman–Crippen LogP) is 2.77. The zero-order valence-corrected chi connectivity index (χ0v) is 15.7. The van der Waals surface area contributed by atoms with Gasteiger partial charge in [0.1, 0.15) is 17.1 Å². The predicted molar refractivity (Wildman–Crippen MR) is 98.6 cm³/mol.